The SMILES string of the molecule is CCCNC(CN(CCOC)CC(C)C)(C(N)=O)C1CC1. The van der Waals surface area contributed by atoms with E-state index in [0.29, 0.717) is 25.0 Å². The highest BCUT2D eigenvalue weighted by Crippen LogP contribution is 2.40. The van der Waals surface area contributed by atoms with Crippen molar-refractivity contribution in [2.75, 3.05) is 39.9 Å². The summed E-state index contributed by atoms with van der Waals surface area (Å²) in [7, 11) is 1.71. The Kier molecular flexibility index (Phi) is 7.63. The van der Waals surface area contributed by atoms with Gasteiger partial charge >= 0.3 is 0 Å². The van der Waals surface area contributed by atoms with Crippen LogP contribution in [0.25, 0.3) is 0 Å². The van der Waals surface area contributed by atoms with Crippen LogP contribution in [0.15, 0.2) is 0 Å². The lowest BCUT2D eigenvalue weighted by Crippen LogP contribution is -2.63. The van der Waals surface area contributed by atoms with E-state index in [1.54, 1.807) is 7.11 Å². The van der Waals surface area contributed by atoms with Crippen molar-refractivity contribution in [1.29, 1.82) is 0 Å². The van der Waals surface area contributed by atoms with Gasteiger partial charge in [0.25, 0.3) is 0 Å². The molecule has 0 aromatic carbocycles. The number of hydrogen-bond donors (Lipinski definition) is 2. The van der Waals surface area contributed by atoms with Crippen molar-refractivity contribution in [2.24, 2.45) is 17.6 Å². The molecule has 21 heavy (non-hydrogen) atoms. The minimum absolute atomic E-state index is 0.204. The third-order valence-corrected chi connectivity index (χ3v) is 4.11. The van der Waals surface area contributed by atoms with Crippen LogP contribution in [-0.2, 0) is 9.53 Å². The molecule has 0 radical (unpaired) electrons. The highest BCUT2D eigenvalue weighted by molar-refractivity contribution is 5.86. The summed E-state index contributed by atoms with van der Waals surface area (Å²) in [6.45, 7) is 10.5. The summed E-state index contributed by atoms with van der Waals surface area (Å²) in [4.78, 5) is 14.5. The van der Waals surface area contributed by atoms with E-state index in [4.69, 9.17) is 10.5 Å². The van der Waals surface area contributed by atoms with E-state index < -0.39 is 5.54 Å². The maximum Gasteiger partial charge on any atom is 0.239 e. The number of ether oxygens (including phenoxy) is 1. The summed E-state index contributed by atoms with van der Waals surface area (Å²) in [5.41, 5.74) is 5.23. The molecule has 0 aromatic rings. The predicted octanol–water partition coefficient (Wildman–Crippen LogP) is 1.22. The van der Waals surface area contributed by atoms with Gasteiger partial charge in [0.15, 0.2) is 0 Å². The van der Waals surface area contributed by atoms with Crippen LogP contribution in [-0.4, -0.2) is 56.2 Å². The fourth-order valence-corrected chi connectivity index (χ4v) is 2.94. The monoisotopic (exact) mass is 299 g/mol. The van der Waals surface area contributed by atoms with Crippen molar-refractivity contribution in [2.45, 2.75) is 45.6 Å². The molecule has 0 bridgehead atoms. The minimum atomic E-state index is -0.571. The van der Waals surface area contributed by atoms with E-state index in [2.05, 4.69) is 31.0 Å². The minimum Gasteiger partial charge on any atom is -0.383 e. The predicted molar refractivity (Wildman–Crippen MR) is 86.1 cm³/mol. The number of nitrogens with zero attached hydrogens (tertiary/aromatic N) is 1. The highest BCUT2D eigenvalue weighted by atomic mass is 16.5. The number of methoxy groups -OCH3 is 1. The molecule has 1 saturated carbocycles. The van der Waals surface area contributed by atoms with Gasteiger partial charge < -0.3 is 15.8 Å². The van der Waals surface area contributed by atoms with Crippen LogP contribution in [0.4, 0.5) is 0 Å². The molecule has 0 saturated heterocycles. The average Bonchev–Trinajstić information content (AvgIpc) is 3.24. The van der Waals surface area contributed by atoms with Gasteiger partial charge in [-0.05, 0) is 37.6 Å². The van der Waals surface area contributed by atoms with Crippen LogP contribution in [0.5, 0.6) is 0 Å². The van der Waals surface area contributed by atoms with Gasteiger partial charge in [-0.25, -0.2) is 0 Å². The number of carbonyl (C=O) groups excluding carboxylic acids is 1. The van der Waals surface area contributed by atoms with Crippen LogP contribution in [0.2, 0.25) is 0 Å². The van der Waals surface area contributed by atoms with Crippen molar-refractivity contribution in [3.63, 3.8) is 0 Å². The number of nitrogens with two attached hydrogens (primary N) is 1. The van der Waals surface area contributed by atoms with E-state index in [1.165, 1.54) is 0 Å². The maximum atomic E-state index is 12.2. The molecule has 0 spiro atoms. The summed E-state index contributed by atoms with van der Waals surface area (Å²) in [5.74, 6) is 0.737. The zero-order chi connectivity index (χ0) is 15.9. The Bertz CT molecular complexity index is 319. The first-order valence-electron chi connectivity index (χ1n) is 8.22. The highest BCUT2D eigenvalue weighted by Gasteiger charge is 2.50. The lowest BCUT2D eigenvalue weighted by Gasteiger charge is -2.38. The third kappa shape index (κ3) is 5.57. The first-order chi connectivity index (χ1) is 9.96. The molecule has 1 aliphatic carbocycles. The molecule has 1 aliphatic rings. The van der Waals surface area contributed by atoms with E-state index in [9.17, 15) is 4.79 Å². The van der Waals surface area contributed by atoms with Crippen LogP contribution >= 0.6 is 0 Å². The lowest BCUT2D eigenvalue weighted by atomic mass is 9.90. The fourth-order valence-electron chi connectivity index (χ4n) is 2.94. The molecule has 5 nitrogen and oxygen atoms in total. The van der Waals surface area contributed by atoms with Gasteiger partial charge in [-0.3, -0.25) is 9.69 Å². The molecule has 1 rings (SSSR count). The Hall–Kier alpha value is -0.650. The second-order valence-corrected chi connectivity index (χ2v) is 6.66. The van der Waals surface area contributed by atoms with Crippen LogP contribution in [0.3, 0.4) is 0 Å². The van der Waals surface area contributed by atoms with Gasteiger partial charge in [-0.15, -0.1) is 0 Å². The van der Waals surface area contributed by atoms with E-state index in [1.807, 2.05) is 0 Å². The molecule has 0 heterocycles. The molecule has 0 aromatic heterocycles. The van der Waals surface area contributed by atoms with Crippen molar-refractivity contribution in [3.05, 3.63) is 0 Å². The molecule has 1 atom stereocenters. The Balaban J connectivity index is 2.81. The smallest absolute Gasteiger partial charge is 0.239 e. The zero-order valence-electron chi connectivity index (χ0n) is 14.2. The number of carbonyl (C=O) groups is 1. The number of nitrogens with one attached hydrogen (secondary N) is 1. The Labute approximate surface area is 129 Å². The summed E-state index contributed by atoms with van der Waals surface area (Å²) in [6.07, 6.45) is 3.20. The van der Waals surface area contributed by atoms with Crippen molar-refractivity contribution in [3.8, 4) is 0 Å². The normalized spacial score (nSPS) is 18.2. The van der Waals surface area contributed by atoms with Crippen molar-refractivity contribution in [1.82, 2.24) is 10.2 Å². The van der Waals surface area contributed by atoms with Crippen LogP contribution < -0.4 is 11.1 Å². The summed E-state index contributed by atoms with van der Waals surface area (Å²) < 4.78 is 5.21. The zero-order valence-corrected chi connectivity index (χ0v) is 14.2. The summed E-state index contributed by atoms with van der Waals surface area (Å²) in [5, 5.41) is 3.47. The Morgan fingerprint density at radius 3 is 2.57 bits per heavy atom. The molecule has 5 heteroatoms. The standard InChI is InChI=1S/C16H33N3O2/c1-5-8-18-16(15(17)20,14-6-7-14)12-19(9-10-21-4)11-13(2)3/h13-14,18H,5-12H2,1-4H3,(H2,17,20). The molecule has 1 amide bonds. The number of rotatable bonds is 12. The summed E-state index contributed by atoms with van der Waals surface area (Å²) >= 11 is 0. The molecule has 0 aliphatic heterocycles. The number of amides is 1. The van der Waals surface area contributed by atoms with Crippen molar-refractivity contribution >= 4 is 5.91 Å². The fraction of sp³-hybridized carbons (Fsp3) is 0.938. The van der Waals surface area contributed by atoms with Gasteiger partial charge in [-0.1, -0.05) is 20.8 Å². The van der Waals surface area contributed by atoms with E-state index >= 15 is 0 Å². The lowest BCUT2D eigenvalue weighted by molar-refractivity contribution is -0.126. The second kappa shape index (κ2) is 8.71. The topological polar surface area (TPSA) is 67.6 Å². The van der Waals surface area contributed by atoms with Crippen LogP contribution in [0, 0.1) is 11.8 Å². The molecule has 3 N–H and O–H groups in total. The van der Waals surface area contributed by atoms with E-state index in [0.717, 1.165) is 38.9 Å². The first kappa shape index (κ1) is 18.4. The first-order valence-corrected chi connectivity index (χ1v) is 8.22. The molecule has 124 valence electrons. The Morgan fingerprint density at radius 2 is 2.14 bits per heavy atom. The number of primary amides is 1. The largest absolute Gasteiger partial charge is 0.383 e. The maximum absolute atomic E-state index is 12.2. The van der Waals surface area contributed by atoms with Gasteiger partial charge in [0, 0.05) is 26.7 Å². The van der Waals surface area contributed by atoms with Crippen LogP contribution in [0.1, 0.15) is 40.0 Å². The summed E-state index contributed by atoms with van der Waals surface area (Å²) in [6, 6.07) is 0. The van der Waals surface area contributed by atoms with Crippen molar-refractivity contribution < 1.29 is 9.53 Å². The number of hydrogen-bond acceptors (Lipinski definition) is 4. The second-order valence-electron chi connectivity index (χ2n) is 6.66. The molecular formula is C16H33N3O2. The third-order valence-electron chi connectivity index (χ3n) is 4.11. The van der Waals surface area contributed by atoms with Gasteiger partial charge in [-0.2, -0.15) is 0 Å². The van der Waals surface area contributed by atoms with Gasteiger partial charge in [0.2, 0.25) is 5.91 Å². The quantitative estimate of drug-likeness (QED) is 0.569. The van der Waals surface area contributed by atoms with Gasteiger partial charge in [0.1, 0.15) is 5.54 Å². The Morgan fingerprint density at radius 1 is 1.48 bits per heavy atom. The molecule has 1 unspecified atom stereocenters. The average molecular weight is 299 g/mol. The van der Waals surface area contributed by atoms with Gasteiger partial charge in [0.05, 0.1) is 6.61 Å². The van der Waals surface area contributed by atoms with E-state index in [-0.39, 0.29) is 5.91 Å². The molecular weight excluding hydrogens is 266 g/mol. The molecule has 1 fully saturated rings.